The van der Waals surface area contributed by atoms with E-state index in [4.69, 9.17) is 0 Å². The normalized spacial score (nSPS) is 12.4. The van der Waals surface area contributed by atoms with Crippen molar-refractivity contribution in [1.29, 1.82) is 0 Å². The molecule has 1 aromatic carbocycles. The number of hydrogen-bond donors (Lipinski definition) is 1. The number of rotatable bonds is 4. The van der Waals surface area contributed by atoms with Crippen molar-refractivity contribution in [3.63, 3.8) is 0 Å². The molecule has 0 fully saturated rings. The van der Waals surface area contributed by atoms with Gasteiger partial charge >= 0.3 is 0 Å². The van der Waals surface area contributed by atoms with Gasteiger partial charge in [-0.1, -0.05) is 40.7 Å². The van der Waals surface area contributed by atoms with Gasteiger partial charge in [-0.3, -0.25) is 4.98 Å². The van der Waals surface area contributed by atoms with Crippen molar-refractivity contribution >= 4 is 27.7 Å². The quantitative estimate of drug-likeness (QED) is 0.903. The molecule has 2 aromatic rings. The lowest BCUT2D eigenvalue weighted by molar-refractivity contribution is 0.169. The summed E-state index contributed by atoms with van der Waals surface area (Å²) in [6, 6.07) is 12.0. The molecule has 2 nitrogen and oxygen atoms in total. The van der Waals surface area contributed by atoms with Crippen molar-refractivity contribution in [2.45, 2.75) is 29.2 Å². The topological polar surface area (TPSA) is 33.1 Å². The highest BCUT2D eigenvalue weighted by atomic mass is 79.9. The van der Waals surface area contributed by atoms with Gasteiger partial charge in [0.25, 0.3) is 0 Å². The molecule has 1 N–H and O–H groups in total. The molecule has 0 aliphatic heterocycles. The van der Waals surface area contributed by atoms with Gasteiger partial charge in [-0.15, -0.1) is 0 Å². The summed E-state index contributed by atoms with van der Waals surface area (Å²) in [7, 11) is 0. The van der Waals surface area contributed by atoms with E-state index in [0.717, 1.165) is 20.0 Å². The van der Waals surface area contributed by atoms with Crippen LogP contribution in [0.4, 0.5) is 0 Å². The van der Waals surface area contributed by atoms with Gasteiger partial charge < -0.3 is 5.11 Å². The largest absolute Gasteiger partial charge is 0.387 e. The summed E-state index contributed by atoms with van der Waals surface area (Å²) in [5.41, 5.74) is 0.732. The van der Waals surface area contributed by atoms with E-state index in [1.165, 1.54) is 0 Å². The summed E-state index contributed by atoms with van der Waals surface area (Å²) >= 11 is 5.11. The second kappa shape index (κ2) is 6.36. The molecule has 0 bridgehead atoms. The van der Waals surface area contributed by atoms with Crippen LogP contribution in [0.2, 0.25) is 0 Å². The Morgan fingerprint density at radius 1 is 1.28 bits per heavy atom. The van der Waals surface area contributed by atoms with Crippen molar-refractivity contribution in [2.75, 3.05) is 0 Å². The second-order valence-corrected chi connectivity index (χ2v) is 5.96. The van der Waals surface area contributed by atoms with Crippen LogP contribution >= 0.6 is 27.7 Å². The second-order valence-electron chi connectivity index (χ2n) is 3.90. The van der Waals surface area contributed by atoms with E-state index < -0.39 is 6.10 Å². The lowest BCUT2D eigenvalue weighted by Gasteiger charge is -2.07. The summed E-state index contributed by atoms with van der Waals surface area (Å²) < 4.78 is 1.07. The Balaban J connectivity index is 2.11. The van der Waals surface area contributed by atoms with Crippen LogP contribution in [0, 0.1) is 0 Å². The smallest absolute Gasteiger partial charge is 0.0957 e. The minimum atomic E-state index is -0.463. The number of pyridine rings is 1. The molecule has 1 aromatic heterocycles. The van der Waals surface area contributed by atoms with E-state index in [-0.39, 0.29) is 0 Å². The third-order valence-electron chi connectivity index (χ3n) is 2.52. The maximum absolute atomic E-state index is 9.67. The molecule has 0 radical (unpaired) electrons. The summed E-state index contributed by atoms with van der Waals surface area (Å²) in [5.74, 6) is 0. The van der Waals surface area contributed by atoms with Gasteiger partial charge in [0.05, 0.1) is 11.8 Å². The van der Waals surface area contributed by atoms with E-state index in [2.05, 4.69) is 33.0 Å². The van der Waals surface area contributed by atoms with Crippen LogP contribution in [0.5, 0.6) is 0 Å². The van der Waals surface area contributed by atoms with Crippen LogP contribution in [0.25, 0.3) is 0 Å². The van der Waals surface area contributed by atoms with Crippen molar-refractivity contribution in [3.05, 3.63) is 52.8 Å². The Morgan fingerprint density at radius 3 is 2.72 bits per heavy atom. The van der Waals surface area contributed by atoms with Crippen LogP contribution < -0.4 is 0 Å². The molecular weight excluding hydrogens is 310 g/mol. The van der Waals surface area contributed by atoms with Gasteiger partial charge in [-0.2, -0.15) is 0 Å². The molecule has 0 amide bonds. The molecule has 1 atom stereocenters. The fourth-order valence-corrected chi connectivity index (χ4v) is 2.92. The maximum atomic E-state index is 9.67. The minimum absolute atomic E-state index is 0.463. The third kappa shape index (κ3) is 3.57. The molecule has 0 unspecified atom stereocenters. The highest BCUT2D eigenvalue weighted by Crippen LogP contribution is 2.29. The number of nitrogens with zero attached hydrogens (tertiary/aromatic N) is 1. The average molecular weight is 324 g/mol. The number of aliphatic hydroxyl groups is 1. The van der Waals surface area contributed by atoms with Crippen molar-refractivity contribution in [3.8, 4) is 0 Å². The zero-order valence-corrected chi connectivity index (χ0v) is 12.4. The monoisotopic (exact) mass is 323 g/mol. The van der Waals surface area contributed by atoms with E-state index in [1.54, 1.807) is 18.0 Å². The number of hydrogen-bond acceptors (Lipinski definition) is 3. The van der Waals surface area contributed by atoms with Crippen molar-refractivity contribution < 1.29 is 5.11 Å². The van der Waals surface area contributed by atoms with Crippen LogP contribution in [0.1, 0.15) is 25.1 Å². The SMILES string of the molecule is CC[C@@H](O)c1ccc(Sc2cccc(Br)c2)cn1. The molecule has 94 valence electrons. The summed E-state index contributed by atoms with van der Waals surface area (Å²) in [5, 5.41) is 9.67. The first kappa shape index (κ1) is 13.6. The lowest BCUT2D eigenvalue weighted by atomic mass is 10.2. The molecule has 18 heavy (non-hydrogen) atoms. The van der Waals surface area contributed by atoms with Gasteiger partial charge in [-0.25, -0.2) is 0 Å². The van der Waals surface area contributed by atoms with Crippen LogP contribution in [0.15, 0.2) is 56.9 Å². The Morgan fingerprint density at radius 2 is 2.11 bits per heavy atom. The molecule has 0 saturated carbocycles. The lowest BCUT2D eigenvalue weighted by Crippen LogP contribution is -1.97. The van der Waals surface area contributed by atoms with E-state index >= 15 is 0 Å². The van der Waals surface area contributed by atoms with Gasteiger partial charge in [-0.05, 0) is 36.8 Å². The number of aromatic nitrogens is 1. The Hall–Kier alpha value is -0.840. The highest BCUT2D eigenvalue weighted by Gasteiger charge is 2.06. The zero-order chi connectivity index (χ0) is 13.0. The fraction of sp³-hybridized carbons (Fsp3) is 0.214. The Labute approximate surface area is 120 Å². The number of halogens is 1. The molecule has 0 aliphatic rings. The van der Waals surface area contributed by atoms with E-state index in [1.807, 2.05) is 31.2 Å². The summed E-state index contributed by atoms with van der Waals surface area (Å²) in [4.78, 5) is 6.52. The van der Waals surface area contributed by atoms with Gasteiger partial charge in [0.1, 0.15) is 0 Å². The Bertz CT molecular complexity index is 515. The fourth-order valence-electron chi connectivity index (χ4n) is 1.52. The highest BCUT2D eigenvalue weighted by molar-refractivity contribution is 9.10. The maximum Gasteiger partial charge on any atom is 0.0957 e. The predicted octanol–water partition coefficient (Wildman–Crippen LogP) is 4.44. The molecule has 1 heterocycles. The van der Waals surface area contributed by atoms with E-state index in [0.29, 0.717) is 6.42 Å². The third-order valence-corrected chi connectivity index (χ3v) is 3.98. The zero-order valence-electron chi connectivity index (χ0n) is 10.0. The van der Waals surface area contributed by atoms with Crippen LogP contribution in [-0.2, 0) is 0 Å². The van der Waals surface area contributed by atoms with Crippen LogP contribution in [-0.4, -0.2) is 10.1 Å². The Kier molecular flexibility index (Phi) is 4.80. The molecular formula is C14H14BrNOS. The van der Waals surface area contributed by atoms with Gasteiger partial charge in [0, 0.05) is 20.5 Å². The summed E-state index contributed by atoms with van der Waals surface area (Å²) in [6.07, 6.45) is 2.03. The minimum Gasteiger partial charge on any atom is -0.387 e. The molecule has 2 rings (SSSR count). The van der Waals surface area contributed by atoms with E-state index in [9.17, 15) is 5.11 Å². The standard InChI is InChI=1S/C14H14BrNOS/c1-2-14(17)13-7-6-12(9-16-13)18-11-5-3-4-10(15)8-11/h3-9,14,17H,2H2,1H3/t14-/m1/s1. The van der Waals surface area contributed by atoms with Gasteiger partial charge in [0.2, 0.25) is 0 Å². The van der Waals surface area contributed by atoms with Crippen molar-refractivity contribution in [2.24, 2.45) is 0 Å². The first-order valence-electron chi connectivity index (χ1n) is 5.76. The first-order valence-corrected chi connectivity index (χ1v) is 7.37. The molecule has 0 aliphatic carbocycles. The average Bonchev–Trinajstić information content (AvgIpc) is 2.39. The molecule has 0 saturated heterocycles. The number of benzene rings is 1. The summed E-state index contributed by atoms with van der Waals surface area (Å²) in [6.45, 7) is 1.94. The predicted molar refractivity (Wildman–Crippen MR) is 77.8 cm³/mol. The molecule has 4 heteroatoms. The number of aliphatic hydroxyl groups excluding tert-OH is 1. The van der Waals surface area contributed by atoms with Crippen LogP contribution in [0.3, 0.4) is 0 Å². The van der Waals surface area contributed by atoms with Gasteiger partial charge in [0.15, 0.2) is 0 Å². The first-order chi connectivity index (χ1) is 8.69. The van der Waals surface area contributed by atoms with Crippen molar-refractivity contribution in [1.82, 2.24) is 4.98 Å². The molecule has 0 spiro atoms.